The fraction of sp³-hybridized carbons (Fsp3) is 0.190. The molecular weight excluding hydrogens is 360 g/mol. The third-order valence-electron chi connectivity index (χ3n) is 4.86. The van der Waals surface area contributed by atoms with Crippen LogP contribution in [-0.2, 0) is 16.0 Å². The molecule has 1 heterocycles. The van der Waals surface area contributed by atoms with Gasteiger partial charge in [0, 0.05) is 17.9 Å². The van der Waals surface area contributed by atoms with Gasteiger partial charge in [-0.15, -0.1) is 0 Å². The van der Waals surface area contributed by atoms with E-state index in [1.165, 1.54) is 12.5 Å². The number of nitrogens with one attached hydrogen (secondary N) is 1. The number of hydrogen-bond acceptors (Lipinski definition) is 5. The summed E-state index contributed by atoms with van der Waals surface area (Å²) in [6.07, 6.45) is 2.04. The van der Waals surface area contributed by atoms with Crippen molar-refractivity contribution in [3.63, 3.8) is 0 Å². The maximum atomic E-state index is 12.2. The summed E-state index contributed by atoms with van der Waals surface area (Å²) in [6.45, 7) is 0.124. The van der Waals surface area contributed by atoms with Crippen molar-refractivity contribution in [1.29, 1.82) is 0 Å². The number of carboxylic acids is 1. The first-order valence-electron chi connectivity index (χ1n) is 8.86. The molecule has 1 atom stereocenters. The molecule has 0 unspecified atom stereocenters. The maximum absolute atomic E-state index is 12.2. The molecule has 2 N–H and O–H groups in total. The highest BCUT2D eigenvalue weighted by molar-refractivity contribution is 5.81. The van der Waals surface area contributed by atoms with Crippen LogP contribution in [0.15, 0.2) is 65.5 Å². The van der Waals surface area contributed by atoms with E-state index in [-0.39, 0.29) is 18.9 Å². The van der Waals surface area contributed by atoms with Crippen molar-refractivity contribution in [2.75, 3.05) is 6.61 Å². The van der Waals surface area contributed by atoms with Crippen LogP contribution in [0, 0.1) is 0 Å². The topological polar surface area (TPSA) is 102 Å². The van der Waals surface area contributed by atoms with E-state index in [0.717, 1.165) is 22.3 Å². The van der Waals surface area contributed by atoms with Gasteiger partial charge >= 0.3 is 12.1 Å². The molecule has 2 aromatic carbocycles. The molecule has 7 nitrogen and oxygen atoms in total. The maximum Gasteiger partial charge on any atom is 0.407 e. The van der Waals surface area contributed by atoms with Crippen LogP contribution >= 0.6 is 0 Å². The second kappa shape index (κ2) is 7.56. The Labute approximate surface area is 160 Å². The number of nitrogens with zero attached hydrogens (tertiary/aromatic N) is 1. The quantitative estimate of drug-likeness (QED) is 0.683. The number of ether oxygens (including phenoxy) is 1. The molecule has 0 radical (unpaired) electrons. The third-order valence-corrected chi connectivity index (χ3v) is 4.86. The fourth-order valence-electron chi connectivity index (χ4n) is 3.55. The van der Waals surface area contributed by atoms with E-state index >= 15 is 0 Å². The van der Waals surface area contributed by atoms with Crippen LogP contribution < -0.4 is 5.32 Å². The molecule has 1 aliphatic carbocycles. The highest BCUT2D eigenvalue weighted by Gasteiger charge is 2.29. The summed E-state index contributed by atoms with van der Waals surface area (Å²) in [5.41, 5.74) is 5.02. The van der Waals surface area contributed by atoms with Crippen molar-refractivity contribution in [2.45, 2.75) is 18.4 Å². The first kappa shape index (κ1) is 17.8. The van der Waals surface area contributed by atoms with Crippen molar-refractivity contribution < 1.29 is 24.0 Å². The van der Waals surface area contributed by atoms with Crippen molar-refractivity contribution >= 4 is 12.1 Å². The minimum atomic E-state index is -1.16. The number of alkyl carbamates (subject to hydrolysis) is 1. The smallest absolute Gasteiger partial charge is 0.407 e. The van der Waals surface area contributed by atoms with Crippen molar-refractivity contribution in [3.8, 4) is 11.1 Å². The largest absolute Gasteiger partial charge is 0.480 e. The molecule has 0 bridgehead atoms. The van der Waals surface area contributed by atoms with E-state index in [4.69, 9.17) is 9.26 Å². The standard InChI is InChI=1S/C21H18N2O5/c24-20(25)19(9-13-10-22-28-11-13)23-21(26)27-12-18-16-7-3-1-5-14(16)15-6-2-4-8-17(15)18/h1-8,10-11,18-19H,9,12H2,(H,23,26)(H,24,25)/t19-/m0/s1. The van der Waals surface area contributed by atoms with Gasteiger partial charge in [-0.3, -0.25) is 0 Å². The zero-order valence-corrected chi connectivity index (χ0v) is 14.9. The first-order valence-corrected chi connectivity index (χ1v) is 8.86. The summed E-state index contributed by atoms with van der Waals surface area (Å²) >= 11 is 0. The van der Waals surface area contributed by atoms with Crippen molar-refractivity contribution in [1.82, 2.24) is 10.5 Å². The van der Waals surface area contributed by atoms with Crippen molar-refractivity contribution in [3.05, 3.63) is 77.7 Å². The predicted molar refractivity (Wildman–Crippen MR) is 99.8 cm³/mol. The molecule has 28 heavy (non-hydrogen) atoms. The van der Waals surface area contributed by atoms with E-state index in [1.807, 2.05) is 48.5 Å². The van der Waals surface area contributed by atoms with Crippen LogP contribution in [-0.4, -0.2) is 35.0 Å². The molecule has 0 saturated carbocycles. The first-order chi connectivity index (χ1) is 13.6. The average molecular weight is 378 g/mol. The van der Waals surface area contributed by atoms with Crippen LogP contribution in [0.3, 0.4) is 0 Å². The lowest BCUT2D eigenvalue weighted by Crippen LogP contribution is -2.42. The Kier molecular flexibility index (Phi) is 4.80. The molecule has 1 aliphatic rings. The predicted octanol–water partition coefficient (Wildman–Crippen LogP) is 3.21. The summed E-state index contributed by atoms with van der Waals surface area (Å²) < 4.78 is 10.1. The number of amides is 1. The van der Waals surface area contributed by atoms with Gasteiger partial charge < -0.3 is 19.7 Å². The van der Waals surface area contributed by atoms with Crippen LogP contribution in [0.5, 0.6) is 0 Å². The summed E-state index contributed by atoms with van der Waals surface area (Å²) in [4.78, 5) is 23.7. The molecule has 142 valence electrons. The summed E-state index contributed by atoms with van der Waals surface area (Å²) in [7, 11) is 0. The van der Waals surface area contributed by atoms with Crippen LogP contribution in [0.25, 0.3) is 11.1 Å². The third kappa shape index (κ3) is 3.46. The Morgan fingerprint density at radius 1 is 1.11 bits per heavy atom. The summed E-state index contributed by atoms with van der Waals surface area (Å²) in [6, 6.07) is 14.9. The molecule has 1 aromatic heterocycles. The molecular formula is C21H18N2O5. The Bertz CT molecular complexity index is 954. The molecule has 7 heteroatoms. The van der Waals surface area contributed by atoms with E-state index in [0.29, 0.717) is 5.56 Å². The second-order valence-corrected chi connectivity index (χ2v) is 6.60. The highest BCUT2D eigenvalue weighted by Crippen LogP contribution is 2.44. The number of carboxylic acid groups (broad SMARTS) is 1. The summed E-state index contributed by atoms with van der Waals surface area (Å²) in [5.74, 6) is -1.24. The average Bonchev–Trinajstić information content (AvgIpc) is 3.32. The zero-order chi connectivity index (χ0) is 19.5. The summed E-state index contributed by atoms with van der Waals surface area (Å²) in [5, 5.41) is 15.3. The van der Waals surface area contributed by atoms with E-state index < -0.39 is 18.1 Å². The molecule has 4 rings (SSSR count). The molecule has 0 saturated heterocycles. The number of aromatic nitrogens is 1. The minimum absolute atomic E-state index is 0.0586. The number of aliphatic carboxylic acids is 1. The van der Waals surface area contributed by atoms with Gasteiger partial charge in [-0.1, -0.05) is 53.7 Å². The molecule has 0 fully saturated rings. The monoisotopic (exact) mass is 378 g/mol. The lowest BCUT2D eigenvalue weighted by Gasteiger charge is -2.17. The Morgan fingerprint density at radius 2 is 1.75 bits per heavy atom. The van der Waals surface area contributed by atoms with Crippen LogP contribution in [0.4, 0.5) is 4.79 Å². The van der Waals surface area contributed by atoms with Gasteiger partial charge in [0.05, 0.1) is 6.20 Å². The molecule has 0 aliphatic heterocycles. The number of hydrogen-bond donors (Lipinski definition) is 2. The Hall–Kier alpha value is -3.61. The zero-order valence-electron chi connectivity index (χ0n) is 14.9. The van der Waals surface area contributed by atoms with Gasteiger partial charge in [0.2, 0.25) is 0 Å². The fourth-order valence-corrected chi connectivity index (χ4v) is 3.55. The molecule has 0 spiro atoms. The Morgan fingerprint density at radius 3 is 2.32 bits per heavy atom. The number of carbonyl (C=O) groups is 2. The van der Waals surface area contributed by atoms with Crippen molar-refractivity contribution in [2.24, 2.45) is 0 Å². The Balaban J connectivity index is 1.44. The van der Waals surface area contributed by atoms with Gasteiger partial charge in [-0.25, -0.2) is 9.59 Å². The SMILES string of the molecule is O=C(N[C@@H](Cc1cnoc1)C(=O)O)OCC1c2ccccc2-c2ccccc21. The van der Waals surface area contributed by atoms with Gasteiger partial charge in [0.25, 0.3) is 0 Å². The van der Waals surface area contributed by atoms with Gasteiger partial charge in [-0.05, 0) is 22.3 Å². The number of rotatable bonds is 6. The van der Waals surface area contributed by atoms with E-state index in [1.54, 1.807) is 0 Å². The van der Waals surface area contributed by atoms with E-state index in [2.05, 4.69) is 10.5 Å². The second-order valence-electron chi connectivity index (χ2n) is 6.60. The van der Waals surface area contributed by atoms with Gasteiger partial charge in [0.1, 0.15) is 18.9 Å². The van der Waals surface area contributed by atoms with Crippen LogP contribution in [0.2, 0.25) is 0 Å². The van der Waals surface area contributed by atoms with E-state index in [9.17, 15) is 14.7 Å². The molecule has 3 aromatic rings. The van der Waals surface area contributed by atoms with Gasteiger partial charge in [-0.2, -0.15) is 0 Å². The number of benzene rings is 2. The number of fused-ring (bicyclic) bond motifs is 3. The normalized spacial score (nSPS) is 13.4. The lowest BCUT2D eigenvalue weighted by atomic mass is 9.98. The van der Waals surface area contributed by atoms with Crippen LogP contribution in [0.1, 0.15) is 22.6 Å². The van der Waals surface area contributed by atoms with Gasteiger partial charge in [0.15, 0.2) is 0 Å². The number of carbonyl (C=O) groups excluding carboxylic acids is 1. The highest BCUT2D eigenvalue weighted by atomic mass is 16.5. The minimum Gasteiger partial charge on any atom is -0.480 e. The lowest BCUT2D eigenvalue weighted by molar-refractivity contribution is -0.139. The molecule has 1 amide bonds.